The Morgan fingerprint density at radius 3 is 1.88 bits per heavy atom. The van der Waals surface area contributed by atoms with Gasteiger partial charge in [0, 0.05) is 0 Å². The second-order valence-electron chi connectivity index (χ2n) is 2.79. The predicted octanol–water partition coefficient (Wildman–Crippen LogP) is 0.774. The highest BCUT2D eigenvalue weighted by Gasteiger charge is 2.19. The monoisotopic (exact) mass is 109 g/mol. The van der Waals surface area contributed by atoms with Crippen molar-refractivity contribution < 1.29 is 0 Å². The Morgan fingerprint density at radius 2 is 1.62 bits per heavy atom. The minimum Gasteiger partial charge on any atom is -0.333 e. The standard InChI is InChI=1S/C6H12BN/c7-6(8)4-2-1-3-5-6/h1-5,8H2. The van der Waals surface area contributed by atoms with Gasteiger partial charge in [-0.1, -0.05) is 19.3 Å². The van der Waals surface area contributed by atoms with Gasteiger partial charge in [-0.3, -0.25) is 0 Å². The van der Waals surface area contributed by atoms with E-state index in [4.69, 9.17) is 13.6 Å². The Bertz CT molecular complexity index is 72.6. The van der Waals surface area contributed by atoms with Crippen LogP contribution in [0.1, 0.15) is 32.1 Å². The van der Waals surface area contributed by atoms with Crippen LogP contribution in [0, 0.1) is 0 Å². The molecule has 2 N–H and O–H groups in total. The quantitative estimate of drug-likeness (QED) is 0.457. The van der Waals surface area contributed by atoms with Crippen LogP contribution >= 0.6 is 0 Å². The van der Waals surface area contributed by atoms with Crippen LogP contribution in [-0.2, 0) is 0 Å². The highest BCUT2D eigenvalue weighted by Crippen LogP contribution is 2.22. The molecule has 1 fully saturated rings. The Balaban J connectivity index is 2.33. The summed E-state index contributed by atoms with van der Waals surface area (Å²) < 4.78 is 0. The van der Waals surface area contributed by atoms with Crippen molar-refractivity contribution in [2.24, 2.45) is 5.73 Å². The number of hydrogen-bond acceptors (Lipinski definition) is 1. The summed E-state index contributed by atoms with van der Waals surface area (Å²) in [7, 11) is 5.66. The molecule has 0 aliphatic heterocycles. The normalized spacial score (nSPS) is 27.6. The van der Waals surface area contributed by atoms with E-state index < -0.39 is 0 Å². The molecule has 1 aliphatic rings. The van der Waals surface area contributed by atoms with Gasteiger partial charge in [-0.2, -0.15) is 0 Å². The molecule has 1 nitrogen and oxygen atoms in total. The molecule has 0 saturated heterocycles. The van der Waals surface area contributed by atoms with E-state index in [1.54, 1.807) is 0 Å². The third-order valence-electron chi connectivity index (χ3n) is 1.78. The summed E-state index contributed by atoms with van der Waals surface area (Å²) in [6.45, 7) is 0. The maximum Gasteiger partial charge on any atom is 0.0950 e. The van der Waals surface area contributed by atoms with Crippen molar-refractivity contribution in [1.29, 1.82) is 0 Å². The van der Waals surface area contributed by atoms with E-state index in [9.17, 15) is 0 Å². The van der Waals surface area contributed by atoms with E-state index in [-0.39, 0.29) is 5.44 Å². The fourth-order valence-corrected chi connectivity index (χ4v) is 1.21. The van der Waals surface area contributed by atoms with Gasteiger partial charge >= 0.3 is 0 Å². The minimum absolute atomic E-state index is 0.321. The molecule has 0 aromatic rings. The summed E-state index contributed by atoms with van der Waals surface area (Å²) >= 11 is 0. The molecule has 44 valence electrons. The summed E-state index contributed by atoms with van der Waals surface area (Å²) in [4.78, 5) is 0. The number of nitrogens with two attached hydrogens (primary N) is 1. The summed E-state index contributed by atoms with van der Waals surface area (Å²) in [6.07, 6.45) is 5.76. The van der Waals surface area contributed by atoms with Crippen molar-refractivity contribution in [3.05, 3.63) is 0 Å². The first kappa shape index (κ1) is 6.15. The molecule has 0 atom stereocenters. The SMILES string of the molecule is [B]C1(N)CCCCC1. The molecule has 0 spiro atoms. The minimum atomic E-state index is -0.321. The van der Waals surface area contributed by atoms with Crippen molar-refractivity contribution in [2.75, 3.05) is 0 Å². The zero-order valence-corrected chi connectivity index (χ0v) is 5.19. The summed E-state index contributed by atoms with van der Waals surface area (Å²) in [5, 5.41) is 0. The lowest BCUT2D eigenvalue weighted by atomic mass is 9.68. The maximum absolute atomic E-state index is 5.66. The van der Waals surface area contributed by atoms with Gasteiger partial charge in [-0.05, 0) is 18.3 Å². The smallest absolute Gasteiger partial charge is 0.0950 e. The molecule has 2 heteroatoms. The van der Waals surface area contributed by atoms with Crippen LogP contribution in [0.3, 0.4) is 0 Å². The first-order valence-electron chi connectivity index (χ1n) is 3.28. The predicted molar refractivity (Wildman–Crippen MR) is 35.8 cm³/mol. The van der Waals surface area contributed by atoms with E-state index in [0.29, 0.717) is 0 Å². The van der Waals surface area contributed by atoms with Crippen LogP contribution in [0.2, 0.25) is 0 Å². The van der Waals surface area contributed by atoms with E-state index in [1.807, 2.05) is 0 Å². The lowest BCUT2D eigenvalue weighted by Crippen LogP contribution is -2.41. The summed E-state index contributed by atoms with van der Waals surface area (Å²) in [6, 6.07) is 0. The molecule has 0 aromatic carbocycles. The molecule has 0 unspecified atom stereocenters. The molecule has 1 saturated carbocycles. The average molecular weight is 109 g/mol. The van der Waals surface area contributed by atoms with Gasteiger partial charge in [0.05, 0.1) is 7.85 Å². The Kier molecular flexibility index (Phi) is 1.61. The van der Waals surface area contributed by atoms with Crippen molar-refractivity contribution in [3.63, 3.8) is 0 Å². The zero-order valence-electron chi connectivity index (χ0n) is 5.19. The fraction of sp³-hybridized carbons (Fsp3) is 1.00. The molecule has 2 radical (unpaired) electrons. The first-order valence-corrected chi connectivity index (χ1v) is 3.28. The zero-order chi connectivity index (χ0) is 6.04. The van der Waals surface area contributed by atoms with Gasteiger partial charge < -0.3 is 5.73 Å². The van der Waals surface area contributed by atoms with E-state index in [1.165, 1.54) is 19.3 Å². The molecule has 0 bridgehead atoms. The van der Waals surface area contributed by atoms with Crippen molar-refractivity contribution in [1.82, 2.24) is 0 Å². The van der Waals surface area contributed by atoms with Crippen LogP contribution in [0.25, 0.3) is 0 Å². The highest BCUT2D eigenvalue weighted by molar-refractivity contribution is 6.15. The second-order valence-corrected chi connectivity index (χ2v) is 2.79. The van der Waals surface area contributed by atoms with Crippen molar-refractivity contribution in [3.8, 4) is 0 Å². The van der Waals surface area contributed by atoms with Gasteiger partial charge in [0.2, 0.25) is 0 Å². The first-order chi connectivity index (χ1) is 3.71. The average Bonchev–Trinajstić information content (AvgIpc) is 1.65. The van der Waals surface area contributed by atoms with E-state index in [0.717, 1.165) is 12.8 Å². The number of hydrogen-bond donors (Lipinski definition) is 1. The van der Waals surface area contributed by atoms with Crippen LogP contribution in [-0.4, -0.2) is 13.3 Å². The van der Waals surface area contributed by atoms with Crippen LogP contribution in [0.5, 0.6) is 0 Å². The molecule has 8 heavy (non-hydrogen) atoms. The van der Waals surface area contributed by atoms with E-state index >= 15 is 0 Å². The molecule has 0 aromatic heterocycles. The lowest BCUT2D eigenvalue weighted by molar-refractivity contribution is 0.398. The molecule has 1 aliphatic carbocycles. The van der Waals surface area contributed by atoms with Crippen molar-refractivity contribution in [2.45, 2.75) is 37.5 Å². The fourth-order valence-electron chi connectivity index (χ4n) is 1.21. The Hall–Kier alpha value is 0.0249. The third-order valence-corrected chi connectivity index (χ3v) is 1.78. The summed E-state index contributed by atoms with van der Waals surface area (Å²) in [5.74, 6) is 0. The molecule has 0 heterocycles. The Labute approximate surface area is 52.0 Å². The molecule has 0 amide bonds. The van der Waals surface area contributed by atoms with Crippen LogP contribution < -0.4 is 5.73 Å². The van der Waals surface area contributed by atoms with Gasteiger partial charge in [0.25, 0.3) is 0 Å². The highest BCUT2D eigenvalue weighted by atomic mass is 14.7. The third kappa shape index (κ3) is 1.51. The summed E-state index contributed by atoms with van der Waals surface area (Å²) in [5.41, 5.74) is 5.33. The van der Waals surface area contributed by atoms with Gasteiger partial charge in [0.15, 0.2) is 0 Å². The van der Waals surface area contributed by atoms with E-state index in [2.05, 4.69) is 0 Å². The van der Waals surface area contributed by atoms with Crippen molar-refractivity contribution >= 4 is 7.85 Å². The van der Waals surface area contributed by atoms with Crippen LogP contribution in [0.15, 0.2) is 0 Å². The van der Waals surface area contributed by atoms with Gasteiger partial charge in [0.1, 0.15) is 0 Å². The van der Waals surface area contributed by atoms with Crippen LogP contribution in [0.4, 0.5) is 0 Å². The lowest BCUT2D eigenvalue weighted by Gasteiger charge is -2.29. The molecular formula is C6H12BN. The maximum atomic E-state index is 5.66. The molecule has 1 rings (SSSR count). The second kappa shape index (κ2) is 2.10. The topological polar surface area (TPSA) is 26.0 Å². The Morgan fingerprint density at radius 1 is 1.12 bits per heavy atom. The van der Waals surface area contributed by atoms with Gasteiger partial charge in [-0.25, -0.2) is 0 Å². The number of rotatable bonds is 0. The largest absolute Gasteiger partial charge is 0.333 e. The molecular weight excluding hydrogens is 96.9 g/mol. The van der Waals surface area contributed by atoms with Gasteiger partial charge in [-0.15, -0.1) is 0 Å².